The van der Waals surface area contributed by atoms with Gasteiger partial charge >= 0.3 is 0 Å². The molecule has 2 aliphatic rings. The Kier molecular flexibility index (Phi) is 3.54. The number of nitrogens with two attached hydrogens (primary N) is 1. The standard InChI is InChI=1S/C19H18N4O/c20-19-21-16(14-9-5-2-6-10-14)15-12-23(18(24)17(15)22-19)11-13-7-3-1-4-8-13/h1-10,16H,11-12H2,(H3,20,21,22). The van der Waals surface area contributed by atoms with Crippen LogP contribution in [0.4, 0.5) is 0 Å². The van der Waals surface area contributed by atoms with Crippen LogP contribution in [0.3, 0.4) is 0 Å². The maximum atomic E-state index is 12.8. The maximum absolute atomic E-state index is 12.8. The molecular formula is C19H18N4O. The quantitative estimate of drug-likeness (QED) is 0.908. The van der Waals surface area contributed by atoms with Crippen molar-refractivity contribution in [2.24, 2.45) is 10.7 Å². The highest BCUT2D eigenvalue weighted by molar-refractivity contribution is 6.02. The smallest absolute Gasteiger partial charge is 0.271 e. The van der Waals surface area contributed by atoms with Crippen molar-refractivity contribution in [3.05, 3.63) is 83.1 Å². The minimum atomic E-state index is -0.202. The lowest BCUT2D eigenvalue weighted by atomic mass is 9.97. The molecule has 0 aliphatic carbocycles. The lowest BCUT2D eigenvalue weighted by molar-refractivity contribution is -0.126. The molecule has 5 nitrogen and oxygen atoms in total. The maximum Gasteiger partial charge on any atom is 0.271 e. The highest BCUT2D eigenvalue weighted by Crippen LogP contribution is 2.35. The predicted molar refractivity (Wildman–Crippen MR) is 92.8 cm³/mol. The first-order chi connectivity index (χ1) is 11.7. The summed E-state index contributed by atoms with van der Waals surface area (Å²) in [5.41, 5.74) is 9.62. The fraction of sp³-hybridized carbons (Fsp3) is 0.158. The molecule has 4 rings (SSSR count). The lowest BCUT2D eigenvalue weighted by Crippen LogP contribution is -2.38. The van der Waals surface area contributed by atoms with Crippen molar-refractivity contribution in [2.75, 3.05) is 6.54 Å². The zero-order chi connectivity index (χ0) is 16.5. The highest BCUT2D eigenvalue weighted by Gasteiger charge is 2.37. The number of carbonyl (C=O) groups is 1. The van der Waals surface area contributed by atoms with Crippen molar-refractivity contribution in [1.29, 1.82) is 0 Å². The number of hydrogen-bond donors (Lipinski definition) is 2. The third-order valence-corrected chi connectivity index (χ3v) is 4.37. The molecule has 0 spiro atoms. The molecule has 2 aromatic rings. The Balaban J connectivity index is 1.63. The number of benzene rings is 2. The van der Waals surface area contributed by atoms with Crippen LogP contribution in [0, 0.1) is 0 Å². The van der Waals surface area contributed by atoms with Gasteiger partial charge in [0.25, 0.3) is 5.91 Å². The van der Waals surface area contributed by atoms with Gasteiger partial charge in [-0.3, -0.25) is 4.79 Å². The van der Waals surface area contributed by atoms with Crippen molar-refractivity contribution >= 4 is 11.9 Å². The summed E-state index contributed by atoms with van der Waals surface area (Å²) >= 11 is 0. The van der Waals surface area contributed by atoms with E-state index in [-0.39, 0.29) is 17.9 Å². The fourth-order valence-electron chi connectivity index (χ4n) is 3.23. The molecule has 0 saturated carbocycles. The Bertz CT molecular complexity index is 827. The molecule has 0 radical (unpaired) electrons. The van der Waals surface area contributed by atoms with Gasteiger partial charge in [0, 0.05) is 18.7 Å². The van der Waals surface area contributed by atoms with Crippen molar-refractivity contribution in [1.82, 2.24) is 10.2 Å². The lowest BCUT2D eigenvalue weighted by Gasteiger charge is -2.21. The van der Waals surface area contributed by atoms with Crippen LogP contribution >= 0.6 is 0 Å². The highest BCUT2D eigenvalue weighted by atomic mass is 16.2. The molecule has 3 N–H and O–H groups in total. The van der Waals surface area contributed by atoms with Gasteiger partial charge in [-0.05, 0) is 11.1 Å². The number of nitrogens with one attached hydrogen (secondary N) is 1. The molecule has 0 bridgehead atoms. The number of hydrogen-bond acceptors (Lipinski definition) is 4. The number of guanidine groups is 1. The minimum absolute atomic E-state index is 0.0207. The molecule has 24 heavy (non-hydrogen) atoms. The van der Waals surface area contributed by atoms with E-state index in [0.29, 0.717) is 18.8 Å². The molecule has 0 aromatic heterocycles. The van der Waals surface area contributed by atoms with Crippen LogP contribution < -0.4 is 11.1 Å². The Labute approximate surface area is 140 Å². The van der Waals surface area contributed by atoms with Crippen LogP contribution in [0.2, 0.25) is 0 Å². The first kappa shape index (κ1) is 14.5. The predicted octanol–water partition coefficient (Wildman–Crippen LogP) is 1.94. The average Bonchev–Trinajstić information content (AvgIpc) is 2.92. The topological polar surface area (TPSA) is 70.7 Å². The summed E-state index contributed by atoms with van der Waals surface area (Å²) in [5.74, 6) is 0.269. The number of nitrogens with zero attached hydrogens (tertiary/aromatic N) is 2. The monoisotopic (exact) mass is 318 g/mol. The largest absolute Gasteiger partial charge is 0.370 e. The zero-order valence-electron chi connectivity index (χ0n) is 13.1. The molecule has 2 aromatic carbocycles. The normalized spacial score (nSPS) is 19.8. The Morgan fingerprint density at radius 2 is 1.75 bits per heavy atom. The minimum Gasteiger partial charge on any atom is -0.370 e. The summed E-state index contributed by atoms with van der Waals surface area (Å²) in [6, 6.07) is 19.7. The van der Waals surface area contributed by atoms with Gasteiger partial charge in [-0.25, -0.2) is 4.99 Å². The second-order valence-electron chi connectivity index (χ2n) is 6.00. The van der Waals surface area contributed by atoms with Crippen LogP contribution in [0.5, 0.6) is 0 Å². The molecule has 120 valence electrons. The number of carbonyl (C=O) groups excluding carboxylic acids is 1. The summed E-state index contributed by atoms with van der Waals surface area (Å²) in [5, 5.41) is 2.96. The third kappa shape index (κ3) is 2.54. The van der Waals surface area contributed by atoms with Crippen molar-refractivity contribution in [2.45, 2.75) is 12.6 Å². The zero-order valence-corrected chi connectivity index (χ0v) is 13.1. The fourth-order valence-corrected chi connectivity index (χ4v) is 3.23. The van der Waals surface area contributed by atoms with Gasteiger partial charge < -0.3 is 16.0 Å². The molecule has 1 amide bonds. The van der Waals surface area contributed by atoms with E-state index in [9.17, 15) is 4.79 Å². The van der Waals surface area contributed by atoms with Crippen molar-refractivity contribution < 1.29 is 4.79 Å². The molecule has 5 heteroatoms. The van der Waals surface area contributed by atoms with Gasteiger partial charge in [-0.1, -0.05) is 60.7 Å². The molecule has 1 unspecified atom stereocenters. The van der Waals surface area contributed by atoms with Gasteiger partial charge in [-0.2, -0.15) is 0 Å². The average molecular weight is 318 g/mol. The third-order valence-electron chi connectivity index (χ3n) is 4.37. The van der Waals surface area contributed by atoms with Gasteiger partial charge in [0.05, 0.1) is 0 Å². The first-order valence-electron chi connectivity index (χ1n) is 7.94. The van der Waals surface area contributed by atoms with Gasteiger partial charge in [0.15, 0.2) is 5.96 Å². The van der Waals surface area contributed by atoms with E-state index in [4.69, 9.17) is 5.73 Å². The van der Waals surface area contributed by atoms with Gasteiger partial charge in [-0.15, -0.1) is 0 Å². The SMILES string of the molecule is NC1=NC(c2ccccc2)C2=C(N1)C(=O)N(Cc1ccccc1)C2. The Hall–Kier alpha value is -3.08. The van der Waals surface area contributed by atoms with E-state index in [2.05, 4.69) is 10.3 Å². The Morgan fingerprint density at radius 1 is 1.08 bits per heavy atom. The van der Waals surface area contributed by atoms with E-state index in [1.54, 1.807) is 0 Å². The Morgan fingerprint density at radius 3 is 2.46 bits per heavy atom. The number of amides is 1. The van der Waals surface area contributed by atoms with Crippen molar-refractivity contribution in [3.63, 3.8) is 0 Å². The van der Waals surface area contributed by atoms with Gasteiger partial charge in [0.2, 0.25) is 0 Å². The van der Waals surface area contributed by atoms with E-state index < -0.39 is 0 Å². The van der Waals surface area contributed by atoms with E-state index >= 15 is 0 Å². The number of aliphatic imine (C=N–C) groups is 1. The first-order valence-corrected chi connectivity index (χ1v) is 7.94. The summed E-state index contributed by atoms with van der Waals surface area (Å²) < 4.78 is 0. The summed E-state index contributed by atoms with van der Waals surface area (Å²) in [4.78, 5) is 19.1. The molecule has 2 heterocycles. The van der Waals surface area contributed by atoms with Crippen LogP contribution in [-0.2, 0) is 11.3 Å². The molecule has 0 saturated heterocycles. The van der Waals surface area contributed by atoms with Crippen LogP contribution in [0.15, 0.2) is 76.9 Å². The number of rotatable bonds is 3. The molecule has 1 atom stereocenters. The van der Waals surface area contributed by atoms with E-state index in [1.165, 1.54) is 0 Å². The summed E-state index contributed by atoms with van der Waals surface area (Å²) in [6.07, 6.45) is 0. The molecule has 2 aliphatic heterocycles. The molecular weight excluding hydrogens is 300 g/mol. The molecule has 0 fully saturated rings. The second kappa shape index (κ2) is 5.85. The van der Waals surface area contributed by atoms with E-state index in [1.807, 2.05) is 65.6 Å². The summed E-state index contributed by atoms with van der Waals surface area (Å²) in [6.45, 7) is 1.14. The van der Waals surface area contributed by atoms with Crippen molar-refractivity contribution in [3.8, 4) is 0 Å². The second-order valence-corrected chi connectivity index (χ2v) is 6.00. The van der Waals surface area contributed by atoms with Crippen LogP contribution in [-0.4, -0.2) is 23.3 Å². The van der Waals surface area contributed by atoms with Crippen LogP contribution in [0.25, 0.3) is 0 Å². The van der Waals surface area contributed by atoms with E-state index in [0.717, 1.165) is 16.7 Å². The van der Waals surface area contributed by atoms with Crippen LogP contribution in [0.1, 0.15) is 17.2 Å². The summed E-state index contributed by atoms with van der Waals surface area (Å²) in [7, 11) is 0. The van der Waals surface area contributed by atoms with Gasteiger partial charge in [0.1, 0.15) is 11.7 Å².